The van der Waals surface area contributed by atoms with Crippen molar-refractivity contribution in [3.8, 4) is 11.5 Å². The molecule has 162 valence electrons. The van der Waals surface area contributed by atoms with Gasteiger partial charge in [0.1, 0.15) is 5.69 Å². The van der Waals surface area contributed by atoms with Crippen LogP contribution in [0.3, 0.4) is 0 Å². The number of pyridine rings is 1. The fourth-order valence-corrected chi connectivity index (χ4v) is 3.39. The summed E-state index contributed by atoms with van der Waals surface area (Å²) in [6.07, 6.45) is 1.48. The number of amides is 2. The zero-order valence-electron chi connectivity index (χ0n) is 18.5. The zero-order chi connectivity index (χ0) is 22.6. The number of aryl methyl sites for hydroxylation is 1. The maximum absolute atomic E-state index is 13.0. The van der Waals surface area contributed by atoms with Gasteiger partial charge in [-0.05, 0) is 45.9 Å². The molecule has 8 heteroatoms. The summed E-state index contributed by atoms with van der Waals surface area (Å²) in [7, 11) is 4.44. The first kappa shape index (κ1) is 23.0. The van der Waals surface area contributed by atoms with Crippen LogP contribution in [0.25, 0.3) is 0 Å². The van der Waals surface area contributed by atoms with Crippen molar-refractivity contribution in [1.82, 2.24) is 9.47 Å². The fraction of sp³-hybridized carbons (Fsp3) is 0.409. The number of methoxy groups -OCH3 is 2. The maximum atomic E-state index is 13.0. The molecule has 30 heavy (non-hydrogen) atoms. The quantitative estimate of drug-likeness (QED) is 0.751. The number of hydrogen-bond acceptors (Lipinski definition) is 5. The minimum absolute atomic E-state index is 0.00526. The lowest BCUT2D eigenvalue weighted by molar-refractivity contribution is 0.0642. The summed E-state index contributed by atoms with van der Waals surface area (Å²) in [5.74, 6) is -0.110. The molecule has 2 rings (SSSR count). The smallest absolute Gasteiger partial charge is 0.274 e. The second-order valence-corrected chi connectivity index (χ2v) is 7.45. The first-order valence-corrected chi connectivity index (χ1v) is 9.68. The monoisotopic (exact) mass is 415 g/mol. The van der Waals surface area contributed by atoms with Crippen molar-refractivity contribution in [1.29, 1.82) is 0 Å². The molecule has 0 aliphatic rings. The van der Waals surface area contributed by atoms with E-state index in [1.54, 1.807) is 23.1 Å². The molecule has 2 amide bonds. The molecule has 1 heterocycles. The molecule has 1 aromatic carbocycles. The van der Waals surface area contributed by atoms with Crippen molar-refractivity contribution in [3.05, 3.63) is 51.9 Å². The van der Waals surface area contributed by atoms with Crippen LogP contribution in [-0.2, 0) is 7.05 Å². The van der Waals surface area contributed by atoms with Crippen LogP contribution in [0.2, 0.25) is 0 Å². The lowest BCUT2D eigenvalue weighted by Gasteiger charge is -2.31. The SMILES string of the molecule is COc1cccc(C(=O)Nc2cc(C(=O)N(C(C)C)C(C)C)cn(C)c2=O)c1OC. The molecule has 0 spiro atoms. The predicted octanol–water partition coefficient (Wildman–Crippen LogP) is 2.91. The van der Waals surface area contributed by atoms with Crippen molar-refractivity contribution in [2.24, 2.45) is 7.05 Å². The third kappa shape index (κ3) is 4.64. The summed E-state index contributed by atoms with van der Waals surface area (Å²) in [5.41, 5.74) is 0.0992. The average molecular weight is 415 g/mol. The van der Waals surface area contributed by atoms with E-state index in [2.05, 4.69) is 5.32 Å². The van der Waals surface area contributed by atoms with Gasteiger partial charge in [-0.25, -0.2) is 0 Å². The Kier molecular flexibility index (Phi) is 7.26. The highest BCUT2D eigenvalue weighted by Gasteiger charge is 2.24. The largest absolute Gasteiger partial charge is 0.493 e. The molecule has 1 N–H and O–H groups in total. The number of benzene rings is 1. The van der Waals surface area contributed by atoms with Gasteiger partial charge in [0, 0.05) is 25.3 Å². The molecule has 0 bridgehead atoms. The predicted molar refractivity (Wildman–Crippen MR) is 116 cm³/mol. The number of carbonyl (C=O) groups excluding carboxylic acids is 2. The Hall–Kier alpha value is -3.29. The number of nitrogens with zero attached hydrogens (tertiary/aromatic N) is 2. The van der Waals surface area contributed by atoms with Gasteiger partial charge in [-0.1, -0.05) is 6.07 Å². The Labute approximate surface area is 176 Å². The van der Waals surface area contributed by atoms with Crippen molar-refractivity contribution in [2.45, 2.75) is 39.8 Å². The van der Waals surface area contributed by atoms with Gasteiger partial charge < -0.3 is 24.3 Å². The molecule has 0 fully saturated rings. The number of ether oxygens (including phenoxy) is 2. The second-order valence-electron chi connectivity index (χ2n) is 7.45. The lowest BCUT2D eigenvalue weighted by Crippen LogP contribution is -2.42. The summed E-state index contributed by atoms with van der Waals surface area (Å²) < 4.78 is 11.8. The van der Waals surface area contributed by atoms with Crippen molar-refractivity contribution < 1.29 is 19.1 Å². The summed E-state index contributed by atoms with van der Waals surface area (Å²) in [5, 5.41) is 2.61. The first-order chi connectivity index (χ1) is 14.1. The highest BCUT2D eigenvalue weighted by Crippen LogP contribution is 2.31. The van der Waals surface area contributed by atoms with Gasteiger partial charge in [-0.15, -0.1) is 0 Å². The topological polar surface area (TPSA) is 89.9 Å². The minimum atomic E-state index is -0.544. The molecule has 0 aliphatic heterocycles. The van der Waals surface area contributed by atoms with Gasteiger partial charge in [0.25, 0.3) is 17.4 Å². The highest BCUT2D eigenvalue weighted by atomic mass is 16.5. The van der Waals surface area contributed by atoms with E-state index in [-0.39, 0.29) is 35.0 Å². The number of hydrogen-bond donors (Lipinski definition) is 1. The molecular weight excluding hydrogens is 386 g/mol. The summed E-state index contributed by atoms with van der Waals surface area (Å²) in [6, 6.07) is 6.25. The summed E-state index contributed by atoms with van der Waals surface area (Å²) in [4.78, 5) is 40.2. The minimum Gasteiger partial charge on any atom is -0.493 e. The van der Waals surface area contributed by atoms with Gasteiger partial charge in [0.05, 0.1) is 25.3 Å². The van der Waals surface area contributed by atoms with Crippen LogP contribution in [-0.4, -0.2) is 47.6 Å². The Bertz CT molecular complexity index is 987. The second kappa shape index (κ2) is 9.47. The Morgan fingerprint density at radius 1 is 1.07 bits per heavy atom. The van der Waals surface area contributed by atoms with E-state index in [0.717, 1.165) is 0 Å². The molecule has 0 unspecified atom stereocenters. The van der Waals surface area contributed by atoms with Crippen molar-refractivity contribution in [3.63, 3.8) is 0 Å². The fourth-order valence-electron chi connectivity index (χ4n) is 3.39. The van der Waals surface area contributed by atoms with Crippen LogP contribution < -0.4 is 20.3 Å². The number of nitrogens with one attached hydrogen (secondary N) is 1. The van der Waals surface area contributed by atoms with E-state index >= 15 is 0 Å². The van der Waals surface area contributed by atoms with E-state index in [0.29, 0.717) is 11.3 Å². The molecule has 0 aliphatic carbocycles. The van der Waals surface area contributed by atoms with Crippen LogP contribution >= 0.6 is 0 Å². The van der Waals surface area contributed by atoms with Crippen LogP contribution in [0.15, 0.2) is 35.3 Å². The Morgan fingerprint density at radius 2 is 1.70 bits per heavy atom. The summed E-state index contributed by atoms with van der Waals surface area (Å²) >= 11 is 0. The number of aromatic nitrogens is 1. The number of para-hydroxylation sites is 1. The normalized spacial score (nSPS) is 10.8. The number of rotatable bonds is 7. The van der Waals surface area contributed by atoms with E-state index in [9.17, 15) is 14.4 Å². The Balaban J connectivity index is 2.46. The van der Waals surface area contributed by atoms with Crippen molar-refractivity contribution in [2.75, 3.05) is 19.5 Å². The molecule has 0 saturated carbocycles. The first-order valence-electron chi connectivity index (χ1n) is 9.68. The van der Waals surface area contributed by atoms with Gasteiger partial charge in [-0.3, -0.25) is 14.4 Å². The molecule has 2 aromatic rings. The molecule has 0 radical (unpaired) electrons. The third-order valence-electron chi connectivity index (χ3n) is 4.67. The Morgan fingerprint density at radius 3 is 2.23 bits per heavy atom. The van der Waals surface area contributed by atoms with Crippen LogP contribution in [0, 0.1) is 0 Å². The average Bonchev–Trinajstić information content (AvgIpc) is 2.69. The zero-order valence-corrected chi connectivity index (χ0v) is 18.5. The molecular formula is C22H29N3O5. The van der Waals surface area contributed by atoms with E-state index < -0.39 is 11.5 Å². The van der Waals surface area contributed by atoms with E-state index in [1.165, 1.54) is 38.1 Å². The van der Waals surface area contributed by atoms with Gasteiger partial charge >= 0.3 is 0 Å². The third-order valence-corrected chi connectivity index (χ3v) is 4.67. The molecule has 0 saturated heterocycles. The van der Waals surface area contributed by atoms with Gasteiger partial charge in [-0.2, -0.15) is 0 Å². The van der Waals surface area contributed by atoms with E-state index in [1.807, 2.05) is 27.7 Å². The molecule has 8 nitrogen and oxygen atoms in total. The van der Waals surface area contributed by atoms with Gasteiger partial charge in [0.15, 0.2) is 11.5 Å². The van der Waals surface area contributed by atoms with Gasteiger partial charge in [0.2, 0.25) is 0 Å². The van der Waals surface area contributed by atoms with Crippen LogP contribution in [0.5, 0.6) is 11.5 Å². The number of carbonyl (C=O) groups is 2. The van der Waals surface area contributed by atoms with Crippen LogP contribution in [0.4, 0.5) is 5.69 Å². The van der Waals surface area contributed by atoms with Crippen LogP contribution in [0.1, 0.15) is 48.4 Å². The van der Waals surface area contributed by atoms with E-state index in [4.69, 9.17) is 9.47 Å². The number of anilines is 1. The molecule has 1 aromatic heterocycles. The highest BCUT2D eigenvalue weighted by molar-refractivity contribution is 6.07. The maximum Gasteiger partial charge on any atom is 0.274 e. The lowest BCUT2D eigenvalue weighted by atomic mass is 10.1. The standard InChI is InChI=1S/C22H29N3O5/c1-13(2)25(14(3)4)21(27)15-11-17(22(28)24(5)12-15)23-20(26)16-9-8-10-18(29-6)19(16)30-7/h8-14H,1-7H3,(H,23,26). The molecule has 0 atom stereocenters. The summed E-state index contributed by atoms with van der Waals surface area (Å²) in [6.45, 7) is 7.71. The van der Waals surface area contributed by atoms with Crippen molar-refractivity contribution >= 4 is 17.5 Å².